The first kappa shape index (κ1) is 14.2. The topological polar surface area (TPSA) is 24.1 Å². The molecule has 0 aromatic heterocycles. The molecule has 0 fully saturated rings. The minimum Gasteiger partial charge on any atom is -0.355 e. The Morgan fingerprint density at radius 1 is 0.545 bits per heavy atom. The minimum absolute atomic E-state index is 1.08. The predicted molar refractivity (Wildman–Crippen MR) is 95.4 cm³/mol. The Bertz CT molecular complexity index is 715. The molecule has 0 spiro atoms. The number of hydrogen-bond acceptors (Lipinski definition) is 2. The van der Waals surface area contributed by atoms with E-state index in [1.807, 2.05) is 12.1 Å². The summed E-state index contributed by atoms with van der Waals surface area (Å²) in [5, 5.41) is 6.95. The molecule has 0 unspecified atom stereocenters. The number of hydrogen-bond donors (Lipinski definition) is 2. The lowest BCUT2D eigenvalue weighted by atomic mass is 10.1. The van der Waals surface area contributed by atoms with E-state index >= 15 is 0 Å². The zero-order valence-corrected chi connectivity index (χ0v) is 12.9. The van der Waals surface area contributed by atoms with Crippen molar-refractivity contribution < 1.29 is 0 Å². The lowest BCUT2D eigenvalue weighted by Crippen LogP contribution is -1.96. The SMILES string of the molecule is Cc1ccccc1Nc1cccc(Nc2ccccc2C)c1. The number of benzene rings is 3. The quantitative estimate of drug-likeness (QED) is 0.635. The van der Waals surface area contributed by atoms with Crippen molar-refractivity contribution in [2.24, 2.45) is 0 Å². The van der Waals surface area contributed by atoms with Gasteiger partial charge in [-0.3, -0.25) is 0 Å². The highest BCUT2D eigenvalue weighted by molar-refractivity contribution is 5.70. The molecule has 3 rings (SSSR count). The van der Waals surface area contributed by atoms with Crippen LogP contribution in [-0.2, 0) is 0 Å². The molecule has 110 valence electrons. The molecule has 0 saturated heterocycles. The van der Waals surface area contributed by atoms with Crippen molar-refractivity contribution in [3.63, 3.8) is 0 Å². The van der Waals surface area contributed by atoms with E-state index in [1.54, 1.807) is 0 Å². The molecule has 0 aliphatic carbocycles. The van der Waals surface area contributed by atoms with E-state index < -0.39 is 0 Å². The molecular formula is C20H20N2. The highest BCUT2D eigenvalue weighted by Crippen LogP contribution is 2.25. The highest BCUT2D eigenvalue weighted by atomic mass is 14.9. The van der Waals surface area contributed by atoms with Crippen LogP contribution in [0.5, 0.6) is 0 Å². The fourth-order valence-corrected chi connectivity index (χ4v) is 2.41. The Kier molecular flexibility index (Phi) is 4.10. The normalized spacial score (nSPS) is 10.3. The molecular weight excluding hydrogens is 268 g/mol. The van der Waals surface area contributed by atoms with Crippen molar-refractivity contribution in [1.29, 1.82) is 0 Å². The van der Waals surface area contributed by atoms with Crippen LogP contribution in [0.25, 0.3) is 0 Å². The summed E-state index contributed by atoms with van der Waals surface area (Å²) >= 11 is 0. The summed E-state index contributed by atoms with van der Waals surface area (Å²) in [4.78, 5) is 0. The summed E-state index contributed by atoms with van der Waals surface area (Å²) in [6.45, 7) is 4.22. The number of aryl methyl sites for hydroxylation is 2. The molecule has 0 aliphatic heterocycles. The molecule has 0 aliphatic rings. The number of para-hydroxylation sites is 2. The Balaban J connectivity index is 1.81. The summed E-state index contributed by atoms with van der Waals surface area (Å²) in [6, 6.07) is 24.9. The fraction of sp³-hybridized carbons (Fsp3) is 0.100. The molecule has 22 heavy (non-hydrogen) atoms. The molecule has 3 aromatic carbocycles. The van der Waals surface area contributed by atoms with Crippen LogP contribution in [0.1, 0.15) is 11.1 Å². The van der Waals surface area contributed by atoms with Gasteiger partial charge < -0.3 is 10.6 Å². The largest absolute Gasteiger partial charge is 0.355 e. The van der Waals surface area contributed by atoms with Crippen molar-refractivity contribution in [2.45, 2.75) is 13.8 Å². The lowest BCUT2D eigenvalue weighted by molar-refractivity contribution is 1.41. The van der Waals surface area contributed by atoms with Gasteiger partial charge in [-0.25, -0.2) is 0 Å². The van der Waals surface area contributed by atoms with Crippen molar-refractivity contribution in [1.82, 2.24) is 0 Å². The molecule has 2 heteroatoms. The second-order valence-electron chi connectivity index (χ2n) is 5.46. The van der Waals surface area contributed by atoms with Gasteiger partial charge >= 0.3 is 0 Å². The van der Waals surface area contributed by atoms with E-state index in [-0.39, 0.29) is 0 Å². The van der Waals surface area contributed by atoms with Gasteiger partial charge in [0.25, 0.3) is 0 Å². The van der Waals surface area contributed by atoms with Gasteiger partial charge in [0, 0.05) is 22.7 Å². The molecule has 3 aromatic rings. The van der Waals surface area contributed by atoms with E-state index in [4.69, 9.17) is 0 Å². The molecule has 0 heterocycles. The van der Waals surface area contributed by atoms with Crippen LogP contribution in [-0.4, -0.2) is 0 Å². The predicted octanol–water partition coefficient (Wildman–Crippen LogP) is 5.79. The zero-order valence-electron chi connectivity index (χ0n) is 12.9. The zero-order chi connectivity index (χ0) is 15.4. The Morgan fingerprint density at radius 2 is 1.00 bits per heavy atom. The smallest absolute Gasteiger partial charge is 0.0413 e. The lowest BCUT2D eigenvalue weighted by Gasteiger charge is -2.13. The fourth-order valence-electron chi connectivity index (χ4n) is 2.41. The third-order valence-corrected chi connectivity index (χ3v) is 3.71. The standard InChI is InChI=1S/C20H20N2/c1-15-8-3-5-12-19(15)21-17-10-7-11-18(14-17)22-20-13-6-4-9-16(20)2/h3-14,21-22H,1-2H3. The van der Waals surface area contributed by atoms with Crippen molar-refractivity contribution >= 4 is 22.7 Å². The van der Waals surface area contributed by atoms with Gasteiger partial charge in [0.1, 0.15) is 0 Å². The van der Waals surface area contributed by atoms with Gasteiger partial charge in [0.05, 0.1) is 0 Å². The van der Waals surface area contributed by atoms with Crippen molar-refractivity contribution in [2.75, 3.05) is 10.6 Å². The van der Waals surface area contributed by atoms with E-state index in [2.05, 4.69) is 85.1 Å². The van der Waals surface area contributed by atoms with Crippen molar-refractivity contribution in [3.05, 3.63) is 83.9 Å². The van der Waals surface area contributed by atoms with E-state index in [0.717, 1.165) is 22.7 Å². The van der Waals surface area contributed by atoms with Gasteiger partial charge in [-0.15, -0.1) is 0 Å². The second-order valence-corrected chi connectivity index (χ2v) is 5.46. The van der Waals surface area contributed by atoms with Gasteiger partial charge in [0.15, 0.2) is 0 Å². The van der Waals surface area contributed by atoms with Crippen LogP contribution < -0.4 is 10.6 Å². The maximum Gasteiger partial charge on any atom is 0.0413 e. The van der Waals surface area contributed by atoms with Crippen molar-refractivity contribution in [3.8, 4) is 0 Å². The van der Waals surface area contributed by atoms with Gasteiger partial charge in [0.2, 0.25) is 0 Å². The molecule has 2 nitrogen and oxygen atoms in total. The first-order valence-corrected chi connectivity index (χ1v) is 7.48. The van der Waals surface area contributed by atoms with E-state index in [9.17, 15) is 0 Å². The Hall–Kier alpha value is -2.74. The van der Waals surface area contributed by atoms with Gasteiger partial charge in [-0.2, -0.15) is 0 Å². The molecule has 0 atom stereocenters. The Morgan fingerprint density at radius 3 is 1.45 bits per heavy atom. The third-order valence-electron chi connectivity index (χ3n) is 3.71. The van der Waals surface area contributed by atoms with Crippen LogP contribution in [0.15, 0.2) is 72.8 Å². The number of nitrogens with one attached hydrogen (secondary N) is 2. The first-order valence-electron chi connectivity index (χ1n) is 7.48. The van der Waals surface area contributed by atoms with Crippen LogP contribution >= 0.6 is 0 Å². The minimum atomic E-state index is 1.08. The summed E-state index contributed by atoms with van der Waals surface area (Å²) < 4.78 is 0. The highest BCUT2D eigenvalue weighted by Gasteiger charge is 2.01. The average Bonchev–Trinajstić information content (AvgIpc) is 2.52. The van der Waals surface area contributed by atoms with Crippen LogP contribution in [0, 0.1) is 13.8 Å². The molecule has 0 saturated carbocycles. The Labute approximate surface area is 131 Å². The van der Waals surface area contributed by atoms with Crippen LogP contribution in [0.3, 0.4) is 0 Å². The molecule has 0 radical (unpaired) electrons. The summed E-state index contributed by atoms with van der Waals surface area (Å²) in [7, 11) is 0. The van der Waals surface area contributed by atoms with Gasteiger partial charge in [-0.1, -0.05) is 42.5 Å². The molecule has 2 N–H and O–H groups in total. The summed E-state index contributed by atoms with van der Waals surface area (Å²) in [6.07, 6.45) is 0. The van der Waals surface area contributed by atoms with E-state index in [1.165, 1.54) is 11.1 Å². The maximum absolute atomic E-state index is 3.47. The van der Waals surface area contributed by atoms with E-state index in [0.29, 0.717) is 0 Å². The third kappa shape index (κ3) is 3.29. The second kappa shape index (κ2) is 6.35. The molecule has 0 amide bonds. The first-order chi connectivity index (χ1) is 10.7. The number of anilines is 4. The summed E-state index contributed by atoms with van der Waals surface area (Å²) in [5.41, 5.74) is 6.89. The summed E-state index contributed by atoms with van der Waals surface area (Å²) in [5.74, 6) is 0. The van der Waals surface area contributed by atoms with Crippen LogP contribution in [0.2, 0.25) is 0 Å². The number of rotatable bonds is 4. The monoisotopic (exact) mass is 288 g/mol. The van der Waals surface area contributed by atoms with Crippen LogP contribution in [0.4, 0.5) is 22.7 Å². The average molecular weight is 288 g/mol. The maximum atomic E-state index is 3.47. The van der Waals surface area contributed by atoms with Gasteiger partial charge in [-0.05, 0) is 55.3 Å². The molecule has 0 bridgehead atoms.